The maximum Gasteiger partial charge on any atom is 0.269 e. The van der Waals surface area contributed by atoms with Gasteiger partial charge in [0.2, 0.25) is 0 Å². The van der Waals surface area contributed by atoms with Gasteiger partial charge < -0.3 is 9.47 Å². The minimum absolute atomic E-state index is 0.0304. The summed E-state index contributed by atoms with van der Waals surface area (Å²) >= 11 is 3.53. The molecule has 0 unspecified atom stereocenters. The highest BCUT2D eigenvalue weighted by Crippen LogP contribution is 2.38. The predicted molar refractivity (Wildman–Crippen MR) is 123 cm³/mol. The van der Waals surface area contributed by atoms with Gasteiger partial charge in [0.1, 0.15) is 6.61 Å². The van der Waals surface area contributed by atoms with Crippen molar-refractivity contribution in [2.24, 2.45) is 0 Å². The van der Waals surface area contributed by atoms with Crippen LogP contribution in [0, 0.1) is 21.4 Å². The van der Waals surface area contributed by atoms with Crippen LogP contribution in [-0.4, -0.2) is 11.5 Å². The van der Waals surface area contributed by atoms with Gasteiger partial charge in [0.25, 0.3) is 5.69 Å². The first-order chi connectivity index (χ1) is 15.0. The highest BCUT2D eigenvalue weighted by molar-refractivity contribution is 9.10. The van der Waals surface area contributed by atoms with E-state index in [9.17, 15) is 15.4 Å². The van der Waals surface area contributed by atoms with Gasteiger partial charge in [-0.05, 0) is 69.9 Å². The van der Waals surface area contributed by atoms with Crippen LogP contribution in [0.5, 0.6) is 11.5 Å². The van der Waals surface area contributed by atoms with E-state index in [1.807, 2.05) is 49.4 Å². The molecule has 0 saturated heterocycles. The van der Waals surface area contributed by atoms with Crippen LogP contribution in [0.15, 0.2) is 71.2 Å². The molecular weight excluding hydrogens is 460 g/mol. The number of rotatable bonds is 8. The molecule has 0 fully saturated rings. The molecule has 0 spiro atoms. The first kappa shape index (κ1) is 22.1. The number of allylic oxidation sites excluding steroid dienone is 1. The van der Waals surface area contributed by atoms with Crippen molar-refractivity contribution >= 4 is 33.3 Å². The van der Waals surface area contributed by atoms with Crippen molar-refractivity contribution in [3.05, 3.63) is 98.0 Å². The Morgan fingerprint density at radius 3 is 2.45 bits per heavy atom. The fourth-order valence-corrected chi connectivity index (χ4v) is 3.48. The number of benzene rings is 3. The third-order valence-corrected chi connectivity index (χ3v) is 4.97. The van der Waals surface area contributed by atoms with E-state index >= 15 is 0 Å². The van der Waals surface area contributed by atoms with Crippen LogP contribution >= 0.6 is 15.9 Å². The van der Waals surface area contributed by atoms with Gasteiger partial charge in [-0.25, -0.2) is 0 Å². The molecule has 31 heavy (non-hydrogen) atoms. The number of non-ortho nitro benzene ring substituents is 1. The molecule has 3 rings (SSSR count). The van der Waals surface area contributed by atoms with E-state index in [1.54, 1.807) is 18.2 Å². The molecule has 3 aromatic carbocycles. The molecule has 0 bridgehead atoms. The molecule has 0 amide bonds. The van der Waals surface area contributed by atoms with Gasteiger partial charge in [-0.2, -0.15) is 5.26 Å². The molecule has 0 aliphatic heterocycles. The maximum absolute atomic E-state index is 10.8. The molecule has 0 N–H and O–H groups in total. The Hall–Kier alpha value is -3.63. The summed E-state index contributed by atoms with van der Waals surface area (Å²) in [6, 6.07) is 21.5. The van der Waals surface area contributed by atoms with Crippen molar-refractivity contribution in [2.45, 2.75) is 13.5 Å². The molecule has 6 nitrogen and oxygen atoms in total. The molecule has 156 valence electrons. The van der Waals surface area contributed by atoms with Gasteiger partial charge in [0.05, 0.1) is 27.6 Å². The Labute approximate surface area is 188 Å². The van der Waals surface area contributed by atoms with Crippen LogP contribution in [0.2, 0.25) is 0 Å². The van der Waals surface area contributed by atoms with Crippen molar-refractivity contribution in [3.63, 3.8) is 0 Å². The molecule has 0 aliphatic rings. The first-order valence-corrected chi connectivity index (χ1v) is 10.3. The number of hydrogen-bond donors (Lipinski definition) is 0. The lowest BCUT2D eigenvalue weighted by Gasteiger charge is -2.15. The van der Waals surface area contributed by atoms with E-state index in [0.717, 1.165) is 16.7 Å². The molecule has 3 aromatic rings. The van der Waals surface area contributed by atoms with Gasteiger partial charge in [0, 0.05) is 12.1 Å². The lowest BCUT2D eigenvalue weighted by molar-refractivity contribution is -0.384. The number of nitrogens with zero attached hydrogens (tertiary/aromatic N) is 2. The molecule has 0 radical (unpaired) electrons. The minimum atomic E-state index is -0.439. The van der Waals surface area contributed by atoms with Crippen molar-refractivity contribution in [1.82, 2.24) is 0 Å². The second kappa shape index (κ2) is 10.4. The molecule has 0 heterocycles. The molecule has 0 atom stereocenters. The summed E-state index contributed by atoms with van der Waals surface area (Å²) in [6.07, 6.45) is 1.79. The number of hydrogen-bond acceptors (Lipinski definition) is 5. The van der Waals surface area contributed by atoms with E-state index in [4.69, 9.17) is 9.47 Å². The van der Waals surface area contributed by atoms with E-state index in [1.165, 1.54) is 12.1 Å². The van der Waals surface area contributed by atoms with Crippen molar-refractivity contribution in [3.8, 4) is 17.6 Å². The Morgan fingerprint density at radius 1 is 1.13 bits per heavy atom. The smallest absolute Gasteiger partial charge is 0.269 e. The van der Waals surface area contributed by atoms with Crippen LogP contribution < -0.4 is 9.47 Å². The molecule has 7 heteroatoms. The number of nitro benzene ring substituents is 1. The molecule has 0 aromatic heterocycles. The summed E-state index contributed by atoms with van der Waals surface area (Å²) in [4.78, 5) is 10.4. The van der Waals surface area contributed by atoms with Gasteiger partial charge >= 0.3 is 0 Å². The van der Waals surface area contributed by atoms with Gasteiger partial charge in [-0.1, -0.05) is 30.3 Å². The second-order valence-corrected chi connectivity index (χ2v) is 7.37. The van der Waals surface area contributed by atoms with Crippen molar-refractivity contribution in [1.29, 1.82) is 5.26 Å². The number of nitriles is 1. The molecule has 0 aliphatic carbocycles. The first-order valence-electron chi connectivity index (χ1n) is 9.51. The van der Waals surface area contributed by atoms with E-state index in [0.29, 0.717) is 28.2 Å². The maximum atomic E-state index is 10.8. The fourth-order valence-electron chi connectivity index (χ4n) is 2.91. The largest absolute Gasteiger partial charge is 0.490 e. The summed E-state index contributed by atoms with van der Waals surface area (Å²) in [5, 5.41) is 20.4. The standard InChI is InChI=1S/C24H19BrN2O4/c1-2-30-23-14-18(12-20(15-26)19-6-4-3-5-7-19)13-22(25)24(23)31-16-17-8-10-21(11-9-17)27(28)29/h3-14H,2,16H2,1H3/b20-12-. The third-order valence-electron chi connectivity index (χ3n) is 4.38. The number of halogens is 1. The predicted octanol–water partition coefficient (Wildman–Crippen LogP) is 6.40. The van der Waals surface area contributed by atoms with Crippen LogP contribution in [0.4, 0.5) is 5.69 Å². The highest BCUT2D eigenvalue weighted by atomic mass is 79.9. The zero-order chi connectivity index (χ0) is 22.2. The second-order valence-electron chi connectivity index (χ2n) is 6.51. The number of ether oxygens (including phenoxy) is 2. The summed E-state index contributed by atoms with van der Waals surface area (Å²) < 4.78 is 12.4. The quantitative estimate of drug-likeness (QED) is 0.162. The van der Waals surface area contributed by atoms with Gasteiger partial charge in [-0.3, -0.25) is 10.1 Å². The minimum Gasteiger partial charge on any atom is -0.490 e. The van der Waals surface area contributed by atoms with Crippen LogP contribution in [0.1, 0.15) is 23.6 Å². The SMILES string of the molecule is CCOc1cc(/C=C(/C#N)c2ccccc2)cc(Br)c1OCc1ccc([N+](=O)[O-])cc1. The Bertz CT molecular complexity index is 1140. The monoisotopic (exact) mass is 478 g/mol. The Balaban J connectivity index is 1.87. The zero-order valence-corrected chi connectivity index (χ0v) is 18.3. The highest BCUT2D eigenvalue weighted by Gasteiger charge is 2.13. The lowest BCUT2D eigenvalue weighted by atomic mass is 10.0. The lowest BCUT2D eigenvalue weighted by Crippen LogP contribution is -2.01. The average molecular weight is 479 g/mol. The number of nitro groups is 1. The van der Waals surface area contributed by atoms with Crippen LogP contribution in [0.25, 0.3) is 11.6 Å². The third kappa shape index (κ3) is 5.71. The van der Waals surface area contributed by atoms with Crippen molar-refractivity contribution in [2.75, 3.05) is 6.61 Å². The summed E-state index contributed by atoms with van der Waals surface area (Å²) in [7, 11) is 0. The Kier molecular flexibility index (Phi) is 7.41. The summed E-state index contributed by atoms with van der Waals surface area (Å²) in [6.45, 7) is 2.54. The van der Waals surface area contributed by atoms with Crippen LogP contribution in [-0.2, 0) is 6.61 Å². The van der Waals surface area contributed by atoms with E-state index < -0.39 is 4.92 Å². The summed E-state index contributed by atoms with van der Waals surface area (Å²) in [5.74, 6) is 1.06. The van der Waals surface area contributed by atoms with Gasteiger partial charge in [0.15, 0.2) is 11.5 Å². The summed E-state index contributed by atoms with van der Waals surface area (Å²) in [5.41, 5.74) is 2.98. The normalized spacial score (nSPS) is 10.9. The van der Waals surface area contributed by atoms with E-state index in [-0.39, 0.29) is 12.3 Å². The zero-order valence-electron chi connectivity index (χ0n) is 16.7. The molecular formula is C24H19BrN2O4. The van der Waals surface area contributed by atoms with Crippen molar-refractivity contribution < 1.29 is 14.4 Å². The topological polar surface area (TPSA) is 85.4 Å². The fraction of sp³-hybridized carbons (Fsp3) is 0.125. The molecule has 0 saturated carbocycles. The Morgan fingerprint density at radius 2 is 1.84 bits per heavy atom. The van der Waals surface area contributed by atoms with Crippen LogP contribution in [0.3, 0.4) is 0 Å². The van der Waals surface area contributed by atoms with E-state index in [2.05, 4.69) is 22.0 Å². The average Bonchev–Trinajstić information content (AvgIpc) is 2.78. The van der Waals surface area contributed by atoms with Gasteiger partial charge in [-0.15, -0.1) is 0 Å².